The molecule has 0 radical (unpaired) electrons. The zero-order valence-corrected chi connectivity index (χ0v) is 13.5. The lowest BCUT2D eigenvalue weighted by Gasteiger charge is -2.37. The van der Waals surface area contributed by atoms with Crippen LogP contribution < -0.4 is 5.32 Å². The maximum atomic E-state index is 11.7. The Balaban J connectivity index is 1.78. The smallest absolute Gasteiger partial charge is 0.409 e. The molecule has 0 atom stereocenters. The molecule has 0 aromatic heterocycles. The van der Waals surface area contributed by atoms with Gasteiger partial charge in [0.2, 0.25) is 0 Å². The zero-order valence-electron chi connectivity index (χ0n) is 13.5. The van der Waals surface area contributed by atoms with Crippen LogP contribution in [0.5, 0.6) is 0 Å². The molecule has 1 heterocycles. The Morgan fingerprint density at radius 2 is 1.86 bits per heavy atom. The number of carbonyl (C=O) groups is 2. The second-order valence-corrected chi connectivity index (χ2v) is 6.46. The maximum absolute atomic E-state index is 11.7. The van der Waals surface area contributed by atoms with Crippen molar-refractivity contribution in [2.75, 3.05) is 26.2 Å². The largest absolute Gasteiger partial charge is 0.480 e. The highest BCUT2D eigenvalue weighted by Crippen LogP contribution is 2.29. The Kier molecular flexibility index (Phi) is 6.06. The van der Waals surface area contributed by atoms with Gasteiger partial charge in [-0.1, -0.05) is 19.3 Å². The van der Waals surface area contributed by atoms with E-state index in [4.69, 9.17) is 4.74 Å². The summed E-state index contributed by atoms with van der Waals surface area (Å²) in [7, 11) is 0. The summed E-state index contributed by atoms with van der Waals surface area (Å²) in [5.74, 6) is -0.278. The molecule has 1 saturated carbocycles. The van der Waals surface area contributed by atoms with Crippen molar-refractivity contribution in [2.45, 2.75) is 57.4 Å². The van der Waals surface area contributed by atoms with Gasteiger partial charge in [-0.05, 0) is 45.1 Å². The first kappa shape index (κ1) is 17.1. The van der Waals surface area contributed by atoms with Gasteiger partial charge in [0, 0.05) is 13.1 Å². The van der Waals surface area contributed by atoms with Crippen LogP contribution in [0.1, 0.15) is 51.9 Å². The first-order valence-corrected chi connectivity index (χ1v) is 8.47. The lowest BCUT2D eigenvalue weighted by Crippen LogP contribution is -2.55. The first-order chi connectivity index (χ1) is 10.6. The van der Waals surface area contributed by atoms with Gasteiger partial charge in [0.15, 0.2) is 0 Å². The van der Waals surface area contributed by atoms with Gasteiger partial charge in [-0.3, -0.25) is 4.79 Å². The minimum Gasteiger partial charge on any atom is -0.480 e. The average Bonchev–Trinajstić information content (AvgIpc) is 2.54. The number of amides is 1. The third-order valence-corrected chi connectivity index (χ3v) is 4.99. The highest BCUT2D eigenvalue weighted by Gasteiger charge is 2.39. The molecule has 0 aromatic carbocycles. The number of hydrogen-bond acceptors (Lipinski definition) is 4. The summed E-state index contributed by atoms with van der Waals surface area (Å²) < 4.78 is 5.01. The van der Waals surface area contributed by atoms with Gasteiger partial charge in [-0.25, -0.2) is 4.79 Å². The standard InChI is InChI=1S/C16H28N2O4/c1-2-22-15(21)18-10-6-13(7-11-18)12-17-16(14(19)20)8-4-3-5-9-16/h13,17H,2-12H2,1H3,(H,19,20). The topological polar surface area (TPSA) is 78.9 Å². The number of nitrogens with one attached hydrogen (secondary N) is 1. The van der Waals surface area contributed by atoms with Gasteiger partial charge in [0.25, 0.3) is 0 Å². The van der Waals surface area contributed by atoms with Crippen molar-refractivity contribution in [3.8, 4) is 0 Å². The molecule has 2 rings (SSSR count). The Morgan fingerprint density at radius 1 is 1.23 bits per heavy atom. The number of ether oxygens (including phenoxy) is 1. The Hall–Kier alpha value is -1.30. The highest BCUT2D eigenvalue weighted by molar-refractivity contribution is 5.78. The SMILES string of the molecule is CCOC(=O)N1CCC(CNC2(C(=O)O)CCCCC2)CC1. The van der Waals surface area contributed by atoms with Crippen molar-refractivity contribution >= 4 is 12.1 Å². The van der Waals surface area contributed by atoms with E-state index in [-0.39, 0.29) is 6.09 Å². The minimum absolute atomic E-state index is 0.233. The fraction of sp³-hybridized carbons (Fsp3) is 0.875. The van der Waals surface area contributed by atoms with Crippen molar-refractivity contribution in [3.63, 3.8) is 0 Å². The fourth-order valence-corrected chi connectivity index (χ4v) is 3.50. The quantitative estimate of drug-likeness (QED) is 0.814. The van der Waals surface area contributed by atoms with Crippen LogP contribution in [-0.4, -0.2) is 53.8 Å². The van der Waals surface area contributed by atoms with Crippen LogP contribution in [0.25, 0.3) is 0 Å². The molecule has 1 amide bonds. The molecule has 0 bridgehead atoms. The van der Waals surface area contributed by atoms with Crippen molar-refractivity contribution in [1.82, 2.24) is 10.2 Å². The molecule has 1 saturated heterocycles. The third kappa shape index (κ3) is 4.12. The molecular formula is C16H28N2O4. The number of likely N-dealkylation sites (tertiary alicyclic amines) is 1. The molecule has 0 spiro atoms. The van der Waals surface area contributed by atoms with Crippen molar-refractivity contribution in [2.24, 2.45) is 5.92 Å². The molecule has 2 fully saturated rings. The molecule has 0 aromatic rings. The Bertz CT molecular complexity index is 386. The van der Waals surface area contributed by atoms with Crippen molar-refractivity contribution < 1.29 is 19.4 Å². The summed E-state index contributed by atoms with van der Waals surface area (Å²) in [6.45, 7) is 4.34. The van der Waals surface area contributed by atoms with Crippen LogP contribution in [-0.2, 0) is 9.53 Å². The number of hydrogen-bond donors (Lipinski definition) is 2. The second kappa shape index (κ2) is 7.81. The monoisotopic (exact) mass is 312 g/mol. The van der Waals surface area contributed by atoms with E-state index in [1.807, 2.05) is 6.92 Å². The lowest BCUT2D eigenvalue weighted by molar-refractivity contribution is -0.146. The molecule has 6 heteroatoms. The molecule has 1 aliphatic carbocycles. The predicted molar refractivity (Wildman–Crippen MR) is 82.8 cm³/mol. The van der Waals surface area contributed by atoms with E-state index in [0.717, 1.165) is 51.5 Å². The summed E-state index contributed by atoms with van der Waals surface area (Å²) in [5.41, 5.74) is -0.726. The van der Waals surface area contributed by atoms with Crippen LogP contribution in [0.4, 0.5) is 4.79 Å². The van der Waals surface area contributed by atoms with E-state index in [0.29, 0.717) is 25.6 Å². The van der Waals surface area contributed by atoms with Gasteiger partial charge in [-0.15, -0.1) is 0 Å². The summed E-state index contributed by atoms with van der Waals surface area (Å²) in [4.78, 5) is 25.0. The summed E-state index contributed by atoms with van der Waals surface area (Å²) in [5, 5.41) is 12.9. The molecule has 1 aliphatic heterocycles. The molecule has 126 valence electrons. The fourth-order valence-electron chi connectivity index (χ4n) is 3.50. The summed E-state index contributed by atoms with van der Waals surface area (Å²) in [6.07, 6.45) is 6.13. The normalized spacial score (nSPS) is 22.3. The van der Waals surface area contributed by atoms with Gasteiger partial charge in [0.05, 0.1) is 6.61 Å². The number of aliphatic carboxylic acids is 1. The second-order valence-electron chi connectivity index (χ2n) is 6.46. The van der Waals surface area contributed by atoms with E-state index >= 15 is 0 Å². The highest BCUT2D eigenvalue weighted by atomic mass is 16.6. The van der Waals surface area contributed by atoms with Crippen LogP contribution in [0.3, 0.4) is 0 Å². The van der Waals surface area contributed by atoms with E-state index < -0.39 is 11.5 Å². The van der Waals surface area contributed by atoms with Crippen molar-refractivity contribution in [1.29, 1.82) is 0 Å². The molecular weight excluding hydrogens is 284 g/mol. The van der Waals surface area contributed by atoms with E-state index in [1.54, 1.807) is 4.90 Å². The number of rotatable bonds is 5. The van der Waals surface area contributed by atoms with Gasteiger partial charge in [0.1, 0.15) is 5.54 Å². The third-order valence-electron chi connectivity index (χ3n) is 4.99. The van der Waals surface area contributed by atoms with Crippen molar-refractivity contribution in [3.05, 3.63) is 0 Å². The van der Waals surface area contributed by atoms with Gasteiger partial charge >= 0.3 is 12.1 Å². The number of carboxylic acid groups (broad SMARTS) is 1. The van der Waals surface area contributed by atoms with E-state index in [2.05, 4.69) is 5.32 Å². The van der Waals surface area contributed by atoms with Crippen LogP contribution in [0.2, 0.25) is 0 Å². The van der Waals surface area contributed by atoms with Crippen LogP contribution in [0, 0.1) is 5.92 Å². The molecule has 2 N–H and O–H groups in total. The van der Waals surface area contributed by atoms with Crippen LogP contribution in [0.15, 0.2) is 0 Å². The molecule has 0 unspecified atom stereocenters. The van der Waals surface area contributed by atoms with Crippen LogP contribution >= 0.6 is 0 Å². The van der Waals surface area contributed by atoms with Gasteiger partial charge in [-0.2, -0.15) is 0 Å². The molecule has 6 nitrogen and oxygen atoms in total. The summed E-state index contributed by atoms with van der Waals surface area (Å²) in [6, 6.07) is 0. The first-order valence-electron chi connectivity index (χ1n) is 8.47. The summed E-state index contributed by atoms with van der Waals surface area (Å²) >= 11 is 0. The van der Waals surface area contributed by atoms with Gasteiger partial charge < -0.3 is 20.1 Å². The van der Waals surface area contributed by atoms with E-state index in [1.165, 1.54) is 0 Å². The Labute approximate surface area is 132 Å². The zero-order chi connectivity index (χ0) is 16.0. The Morgan fingerprint density at radius 3 is 2.41 bits per heavy atom. The lowest BCUT2D eigenvalue weighted by atomic mass is 9.81. The van der Waals surface area contributed by atoms with E-state index in [9.17, 15) is 14.7 Å². The average molecular weight is 312 g/mol. The number of piperidine rings is 1. The molecule has 22 heavy (non-hydrogen) atoms. The maximum Gasteiger partial charge on any atom is 0.409 e. The number of nitrogens with zero attached hydrogens (tertiary/aromatic N) is 1. The number of carbonyl (C=O) groups excluding carboxylic acids is 1. The minimum atomic E-state index is -0.726. The molecule has 2 aliphatic rings. The predicted octanol–water partition coefficient (Wildman–Crippen LogP) is 2.23. The number of carboxylic acids is 1.